The van der Waals surface area contributed by atoms with Gasteiger partial charge in [0.15, 0.2) is 0 Å². The first kappa shape index (κ1) is 18.3. The molecule has 4 nitrogen and oxygen atoms in total. The molecule has 0 radical (unpaired) electrons. The summed E-state index contributed by atoms with van der Waals surface area (Å²) in [4.78, 5) is 0.244. The molecule has 0 bridgehead atoms. The molecule has 2 aromatic rings. The molecule has 0 aromatic heterocycles. The van der Waals surface area contributed by atoms with Crippen molar-refractivity contribution in [3.05, 3.63) is 53.1 Å². The lowest BCUT2D eigenvalue weighted by atomic mass is 9.87. The molecule has 0 spiro atoms. The normalized spacial score (nSPS) is 12.1. The van der Waals surface area contributed by atoms with Crippen molar-refractivity contribution in [1.29, 1.82) is 0 Å². The number of methoxy groups -OCH3 is 1. The lowest BCUT2D eigenvalue weighted by Crippen LogP contribution is -2.16. The van der Waals surface area contributed by atoms with Gasteiger partial charge in [-0.15, -0.1) is 0 Å². The Morgan fingerprint density at radius 1 is 0.958 bits per heavy atom. The van der Waals surface area contributed by atoms with Gasteiger partial charge in [-0.25, -0.2) is 8.42 Å². The van der Waals surface area contributed by atoms with Crippen LogP contribution in [0.15, 0.2) is 41.3 Å². The molecule has 0 aliphatic heterocycles. The van der Waals surface area contributed by atoms with E-state index in [2.05, 4.69) is 25.5 Å². The number of nitrogens with one attached hydrogen (secondary N) is 1. The highest BCUT2D eigenvalue weighted by atomic mass is 32.2. The zero-order chi connectivity index (χ0) is 18.1. The van der Waals surface area contributed by atoms with Gasteiger partial charge in [0.25, 0.3) is 10.0 Å². The Bertz CT molecular complexity index is 849. The second-order valence-corrected chi connectivity index (χ2v) is 8.70. The molecule has 0 fully saturated rings. The SMILES string of the molecule is COc1ccc(C(C)(C)C)cc1NS(=O)(=O)c1ccc(C)c(C)c1. The van der Waals surface area contributed by atoms with Crippen molar-refractivity contribution in [3.8, 4) is 5.75 Å². The Morgan fingerprint density at radius 3 is 2.17 bits per heavy atom. The predicted molar refractivity (Wildman–Crippen MR) is 98.4 cm³/mol. The zero-order valence-corrected chi connectivity index (χ0v) is 15.9. The van der Waals surface area contributed by atoms with Crippen LogP contribution in [0.1, 0.15) is 37.5 Å². The molecule has 1 N–H and O–H groups in total. The van der Waals surface area contributed by atoms with E-state index >= 15 is 0 Å². The summed E-state index contributed by atoms with van der Waals surface area (Å²) in [7, 11) is -2.15. The van der Waals surface area contributed by atoms with E-state index in [1.54, 1.807) is 18.2 Å². The van der Waals surface area contributed by atoms with Crippen LogP contribution in [-0.4, -0.2) is 15.5 Å². The highest BCUT2D eigenvalue weighted by Crippen LogP contribution is 2.33. The van der Waals surface area contributed by atoms with Gasteiger partial charge in [-0.1, -0.05) is 32.9 Å². The summed E-state index contributed by atoms with van der Waals surface area (Å²) in [5, 5.41) is 0. The fraction of sp³-hybridized carbons (Fsp3) is 0.368. The molecule has 5 heteroatoms. The molecule has 0 saturated carbocycles. The van der Waals surface area contributed by atoms with Crippen molar-refractivity contribution < 1.29 is 13.2 Å². The lowest BCUT2D eigenvalue weighted by Gasteiger charge is -2.21. The third-order valence-corrected chi connectivity index (χ3v) is 5.46. The highest BCUT2D eigenvalue weighted by Gasteiger charge is 2.20. The van der Waals surface area contributed by atoms with Gasteiger partial charge in [0.2, 0.25) is 0 Å². The number of anilines is 1. The van der Waals surface area contributed by atoms with Crippen molar-refractivity contribution in [2.45, 2.75) is 44.9 Å². The minimum atomic E-state index is -3.68. The van der Waals surface area contributed by atoms with E-state index in [-0.39, 0.29) is 10.3 Å². The molecule has 0 saturated heterocycles. The molecule has 2 rings (SSSR count). The smallest absolute Gasteiger partial charge is 0.262 e. The first-order valence-electron chi connectivity index (χ1n) is 7.83. The predicted octanol–water partition coefficient (Wildman–Crippen LogP) is 4.41. The van der Waals surface area contributed by atoms with Gasteiger partial charge in [-0.3, -0.25) is 4.72 Å². The van der Waals surface area contributed by atoms with E-state index in [4.69, 9.17) is 4.74 Å². The number of rotatable bonds is 4. The van der Waals surface area contributed by atoms with Crippen LogP contribution in [0.3, 0.4) is 0 Å². The molecule has 0 unspecified atom stereocenters. The fourth-order valence-corrected chi connectivity index (χ4v) is 3.49. The molecular weight excluding hydrogens is 322 g/mol. The van der Waals surface area contributed by atoms with Crippen molar-refractivity contribution in [3.63, 3.8) is 0 Å². The van der Waals surface area contributed by atoms with Crippen molar-refractivity contribution in [2.75, 3.05) is 11.8 Å². The first-order valence-corrected chi connectivity index (χ1v) is 9.31. The van der Waals surface area contributed by atoms with Gasteiger partial charge in [0.05, 0.1) is 17.7 Å². The van der Waals surface area contributed by atoms with Crippen molar-refractivity contribution in [1.82, 2.24) is 0 Å². The third kappa shape index (κ3) is 3.90. The summed E-state index contributed by atoms with van der Waals surface area (Å²) < 4.78 is 33.4. The standard InChI is InChI=1S/C19H25NO3S/c1-13-7-9-16(11-14(13)2)24(21,22)20-17-12-15(19(3,4)5)8-10-18(17)23-6/h7-12,20H,1-6H3. The average molecular weight is 347 g/mol. The summed E-state index contributed by atoms with van der Waals surface area (Å²) in [5.41, 5.74) is 3.38. The van der Waals surface area contributed by atoms with E-state index in [1.807, 2.05) is 32.0 Å². The molecule has 24 heavy (non-hydrogen) atoms. The molecule has 0 aliphatic rings. The van der Waals surface area contributed by atoms with E-state index < -0.39 is 10.0 Å². The minimum absolute atomic E-state index is 0.0904. The van der Waals surface area contributed by atoms with Gasteiger partial charge >= 0.3 is 0 Å². The number of ether oxygens (including phenoxy) is 1. The van der Waals surface area contributed by atoms with E-state index in [1.165, 1.54) is 7.11 Å². The number of benzene rings is 2. The maximum atomic E-state index is 12.7. The van der Waals surface area contributed by atoms with Crippen LogP contribution < -0.4 is 9.46 Å². The van der Waals surface area contributed by atoms with Crippen LogP contribution in [0.4, 0.5) is 5.69 Å². The molecule has 2 aromatic carbocycles. The first-order chi connectivity index (χ1) is 11.0. The minimum Gasteiger partial charge on any atom is -0.495 e. The molecule has 0 heterocycles. The maximum Gasteiger partial charge on any atom is 0.262 e. The summed E-state index contributed by atoms with van der Waals surface area (Å²) in [5.74, 6) is 0.496. The Morgan fingerprint density at radius 2 is 1.62 bits per heavy atom. The Labute approximate surface area is 144 Å². The molecule has 0 amide bonds. The van der Waals surface area contributed by atoms with Crippen LogP contribution >= 0.6 is 0 Å². The number of aryl methyl sites for hydroxylation is 2. The Hall–Kier alpha value is -2.01. The second kappa shape index (κ2) is 6.48. The van der Waals surface area contributed by atoms with E-state index in [9.17, 15) is 8.42 Å². The van der Waals surface area contributed by atoms with Gasteiger partial charge < -0.3 is 4.74 Å². The topological polar surface area (TPSA) is 55.4 Å². The van der Waals surface area contributed by atoms with Crippen LogP contribution in [-0.2, 0) is 15.4 Å². The fourth-order valence-electron chi connectivity index (χ4n) is 2.34. The Balaban J connectivity index is 2.46. The molecule has 0 atom stereocenters. The molecular formula is C19H25NO3S. The van der Waals surface area contributed by atoms with Gasteiger partial charge in [0, 0.05) is 0 Å². The number of sulfonamides is 1. The van der Waals surface area contributed by atoms with Crippen LogP contribution in [0.2, 0.25) is 0 Å². The summed E-state index contributed by atoms with van der Waals surface area (Å²) in [6.45, 7) is 10.1. The third-order valence-electron chi connectivity index (χ3n) is 4.10. The summed E-state index contributed by atoms with van der Waals surface area (Å²) in [6.07, 6.45) is 0. The zero-order valence-electron chi connectivity index (χ0n) is 15.1. The maximum absolute atomic E-state index is 12.7. The quantitative estimate of drug-likeness (QED) is 0.891. The highest BCUT2D eigenvalue weighted by molar-refractivity contribution is 7.92. The number of hydrogen-bond acceptors (Lipinski definition) is 3. The van der Waals surface area contributed by atoms with Gasteiger partial charge in [-0.2, -0.15) is 0 Å². The van der Waals surface area contributed by atoms with Gasteiger partial charge in [-0.05, 0) is 60.2 Å². The Kier molecular flexibility index (Phi) is 4.95. The summed E-state index contributed by atoms with van der Waals surface area (Å²) >= 11 is 0. The van der Waals surface area contributed by atoms with E-state index in [0.717, 1.165) is 16.7 Å². The van der Waals surface area contributed by atoms with Crippen molar-refractivity contribution >= 4 is 15.7 Å². The number of hydrogen-bond donors (Lipinski definition) is 1. The molecule has 0 aliphatic carbocycles. The van der Waals surface area contributed by atoms with Crippen LogP contribution in [0.25, 0.3) is 0 Å². The van der Waals surface area contributed by atoms with Crippen LogP contribution in [0.5, 0.6) is 5.75 Å². The second-order valence-electron chi connectivity index (χ2n) is 7.02. The van der Waals surface area contributed by atoms with E-state index in [0.29, 0.717) is 11.4 Å². The van der Waals surface area contributed by atoms with Crippen molar-refractivity contribution in [2.24, 2.45) is 0 Å². The average Bonchev–Trinajstić information content (AvgIpc) is 2.48. The summed E-state index contributed by atoms with van der Waals surface area (Å²) in [6, 6.07) is 10.7. The largest absolute Gasteiger partial charge is 0.495 e. The lowest BCUT2D eigenvalue weighted by molar-refractivity contribution is 0.416. The molecule has 130 valence electrons. The monoisotopic (exact) mass is 347 g/mol. The van der Waals surface area contributed by atoms with Gasteiger partial charge in [0.1, 0.15) is 5.75 Å². The van der Waals surface area contributed by atoms with Crippen LogP contribution in [0, 0.1) is 13.8 Å².